The molecule has 5 heterocycles. The monoisotopic (exact) mass is 634 g/mol. The van der Waals surface area contributed by atoms with E-state index in [1.807, 2.05) is 38.4 Å². The predicted octanol–water partition coefficient (Wildman–Crippen LogP) is 4.81. The molecule has 0 unspecified atom stereocenters. The standard InChI is InChI=1S/C33H46N8O3S/c1-32(2,3)26-17-15-23-30(37-26)41-21-22(20-33(41,4)5)14-16-25(24-10-8-11-27(35-24)34-18-19-40(6)7)36-28-12-9-13-29(38-28)45(43,44)39-31(23)42/h8-13,15,17,22,25H,14,16,18-21H2,1-7H3,(H,34,35)(H,36,38)(H,39,42)/t22-,25-/m0/s1. The Bertz CT molecular complexity index is 1650. The van der Waals surface area contributed by atoms with Gasteiger partial charge in [-0.05, 0) is 89.5 Å². The highest BCUT2D eigenvalue weighted by Gasteiger charge is 2.41. The smallest absolute Gasteiger partial charge is 0.281 e. The third kappa shape index (κ3) is 7.55. The van der Waals surface area contributed by atoms with Crippen molar-refractivity contribution in [2.24, 2.45) is 5.92 Å². The molecule has 11 nitrogen and oxygen atoms in total. The largest absolute Gasteiger partial charge is 0.369 e. The van der Waals surface area contributed by atoms with Gasteiger partial charge in [0.05, 0.1) is 17.3 Å². The van der Waals surface area contributed by atoms with Gasteiger partial charge in [0.25, 0.3) is 15.9 Å². The second kappa shape index (κ2) is 12.6. The summed E-state index contributed by atoms with van der Waals surface area (Å²) in [6.45, 7) is 12.9. The van der Waals surface area contributed by atoms with Gasteiger partial charge in [-0.1, -0.05) is 32.9 Å². The lowest BCUT2D eigenvalue weighted by Gasteiger charge is -2.34. The molecule has 0 aliphatic carbocycles. The van der Waals surface area contributed by atoms with E-state index in [1.54, 1.807) is 18.2 Å². The Morgan fingerprint density at radius 3 is 2.51 bits per heavy atom. The molecule has 3 N–H and O–H groups in total. The van der Waals surface area contributed by atoms with Crippen molar-refractivity contribution < 1.29 is 13.2 Å². The minimum absolute atomic E-state index is 0.221. The number of hydrogen-bond donors (Lipinski definition) is 3. The molecule has 0 aromatic carbocycles. The first kappa shape index (κ1) is 32.6. The van der Waals surface area contributed by atoms with Crippen LogP contribution in [0.3, 0.4) is 0 Å². The summed E-state index contributed by atoms with van der Waals surface area (Å²) in [5.74, 6) is 1.27. The number of rotatable bonds is 5. The quantitative estimate of drug-likeness (QED) is 0.359. The Kier molecular flexibility index (Phi) is 9.10. The molecule has 242 valence electrons. The van der Waals surface area contributed by atoms with Gasteiger partial charge in [-0.3, -0.25) is 4.79 Å². The molecule has 4 bridgehead atoms. The van der Waals surface area contributed by atoms with Gasteiger partial charge in [0, 0.05) is 36.3 Å². The number of aromatic nitrogens is 3. The van der Waals surface area contributed by atoms with Crippen molar-refractivity contribution in [1.82, 2.24) is 24.6 Å². The summed E-state index contributed by atoms with van der Waals surface area (Å²) >= 11 is 0. The summed E-state index contributed by atoms with van der Waals surface area (Å²) < 4.78 is 29.3. The van der Waals surface area contributed by atoms with Crippen LogP contribution in [0.25, 0.3) is 0 Å². The van der Waals surface area contributed by atoms with Crippen LogP contribution in [-0.4, -0.2) is 73.4 Å². The van der Waals surface area contributed by atoms with E-state index in [2.05, 4.69) is 64.8 Å². The van der Waals surface area contributed by atoms with Crippen LogP contribution >= 0.6 is 0 Å². The molecule has 5 rings (SSSR count). The van der Waals surface area contributed by atoms with E-state index < -0.39 is 15.9 Å². The number of anilines is 3. The van der Waals surface area contributed by atoms with Gasteiger partial charge in [0.1, 0.15) is 17.5 Å². The Morgan fingerprint density at radius 1 is 1.02 bits per heavy atom. The third-order valence-electron chi connectivity index (χ3n) is 8.51. The number of amides is 1. The highest BCUT2D eigenvalue weighted by atomic mass is 32.2. The Hall–Kier alpha value is -3.77. The average molecular weight is 635 g/mol. The summed E-state index contributed by atoms with van der Waals surface area (Å²) in [5.41, 5.74) is 1.34. The number of nitrogens with zero attached hydrogens (tertiary/aromatic N) is 5. The van der Waals surface area contributed by atoms with Gasteiger partial charge < -0.3 is 20.4 Å². The molecule has 3 aromatic heterocycles. The molecule has 3 aromatic rings. The molecule has 0 saturated carbocycles. The second-order valence-electron chi connectivity index (χ2n) is 14.1. The zero-order valence-corrected chi connectivity index (χ0v) is 28.2. The van der Waals surface area contributed by atoms with Crippen LogP contribution in [0.1, 0.15) is 81.7 Å². The summed E-state index contributed by atoms with van der Waals surface area (Å²) in [6, 6.07) is 14.0. The van der Waals surface area contributed by atoms with E-state index in [9.17, 15) is 13.2 Å². The highest BCUT2D eigenvalue weighted by Crippen LogP contribution is 2.41. The van der Waals surface area contributed by atoms with Gasteiger partial charge in [-0.2, -0.15) is 8.42 Å². The first-order valence-electron chi connectivity index (χ1n) is 15.6. The Balaban J connectivity index is 1.56. The number of nitrogens with one attached hydrogen (secondary N) is 3. The molecule has 12 heteroatoms. The fourth-order valence-corrected chi connectivity index (χ4v) is 7.04. The summed E-state index contributed by atoms with van der Waals surface area (Å²) in [7, 11) is -0.224. The highest BCUT2D eigenvalue weighted by molar-refractivity contribution is 7.90. The van der Waals surface area contributed by atoms with Crippen molar-refractivity contribution in [2.75, 3.05) is 49.3 Å². The zero-order valence-electron chi connectivity index (χ0n) is 27.4. The summed E-state index contributed by atoms with van der Waals surface area (Å²) in [6.07, 6.45) is 2.53. The molecule has 2 aliphatic rings. The fourth-order valence-electron chi connectivity index (χ4n) is 6.10. The Labute approximate surface area is 267 Å². The van der Waals surface area contributed by atoms with Crippen LogP contribution in [0.2, 0.25) is 0 Å². The number of carbonyl (C=O) groups is 1. The first-order chi connectivity index (χ1) is 21.1. The maximum absolute atomic E-state index is 13.7. The fraction of sp³-hybridized carbons (Fsp3) is 0.515. The maximum Gasteiger partial charge on any atom is 0.281 e. The first-order valence-corrected chi connectivity index (χ1v) is 17.1. The normalized spacial score (nSPS) is 21.2. The van der Waals surface area contributed by atoms with Crippen LogP contribution in [0.15, 0.2) is 53.6 Å². The van der Waals surface area contributed by atoms with Gasteiger partial charge in [0.15, 0.2) is 5.03 Å². The van der Waals surface area contributed by atoms with E-state index in [1.165, 1.54) is 6.07 Å². The average Bonchev–Trinajstić information content (AvgIpc) is 3.27. The molecule has 2 atom stereocenters. The van der Waals surface area contributed by atoms with Gasteiger partial charge in [0.2, 0.25) is 0 Å². The van der Waals surface area contributed by atoms with Crippen molar-refractivity contribution in [1.29, 1.82) is 0 Å². The van der Waals surface area contributed by atoms with Crippen LogP contribution in [-0.2, 0) is 15.4 Å². The molecule has 0 spiro atoms. The number of likely N-dealkylation sites (N-methyl/N-ethyl adjacent to an activating group) is 1. The lowest BCUT2D eigenvalue weighted by Crippen LogP contribution is -2.41. The molecule has 45 heavy (non-hydrogen) atoms. The summed E-state index contributed by atoms with van der Waals surface area (Å²) in [5, 5.41) is 6.62. The predicted molar refractivity (Wildman–Crippen MR) is 178 cm³/mol. The Morgan fingerprint density at radius 2 is 1.78 bits per heavy atom. The van der Waals surface area contributed by atoms with Gasteiger partial charge in [-0.25, -0.2) is 19.7 Å². The second-order valence-corrected chi connectivity index (χ2v) is 15.7. The molecular formula is C33H46N8O3S. The summed E-state index contributed by atoms with van der Waals surface area (Å²) in [4.78, 5) is 32.3. The van der Waals surface area contributed by atoms with Crippen molar-refractivity contribution in [3.63, 3.8) is 0 Å². The van der Waals surface area contributed by atoms with E-state index in [0.29, 0.717) is 24.1 Å². The maximum atomic E-state index is 13.7. The molecule has 1 saturated heterocycles. The molecule has 1 fully saturated rings. The molecule has 1 amide bonds. The molecular weight excluding hydrogens is 588 g/mol. The number of hydrogen-bond acceptors (Lipinski definition) is 10. The number of carbonyl (C=O) groups excluding carboxylic acids is 1. The minimum Gasteiger partial charge on any atom is -0.369 e. The lowest BCUT2D eigenvalue weighted by molar-refractivity contribution is 0.0981. The zero-order chi connectivity index (χ0) is 32.6. The number of pyridine rings is 3. The van der Waals surface area contributed by atoms with E-state index in [4.69, 9.17) is 9.97 Å². The molecule has 0 radical (unpaired) electrons. The number of fused-ring (bicyclic) bond motifs is 6. The van der Waals surface area contributed by atoms with Crippen LogP contribution in [0.4, 0.5) is 17.5 Å². The lowest BCUT2D eigenvalue weighted by atomic mass is 9.90. The third-order valence-corrected chi connectivity index (χ3v) is 9.74. The molecule has 2 aliphatic heterocycles. The van der Waals surface area contributed by atoms with Gasteiger partial charge >= 0.3 is 0 Å². The van der Waals surface area contributed by atoms with Gasteiger partial charge in [-0.15, -0.1) is 0 Å². The number of sulfonamides is 1. The van der Waals surface area contributed by atoms with Crippen LogP contribution in [0, 0.1) is 5.92 Å². The van der Waals surface area contributed by atoms with E-state index >= 15 is 0 Å². The van der Waals surface area contributed by atoms with Crippen LogP contribution < -0.4 is 20.3 Å². The topological polar surface area (TPSA) is 132 Å². The van der Waals surface area contributed by atoms with Crippen molar-refractivity contribution in [2.45, 2.75) is 75.9 Å². The minimum atomic E-state index is -4.29. The van der Waals surface area contributed by atoms with Crippen molar-refractivity contribution in [3.05, 3.63) is 65.5 Å². The van der Waals surface area contributed by atoms with Crippen LogP contribution in [0.5, 0.6) is 0 Å². The van der Waals surface area contributed by atoms with E-state index in [-0.39, 0.29) is 27.6 Å². The van der Waals surface area contributed by atoms with E-state index in [0.717, 1.165) is 49.6 Å². The SMILES string of the molecule is CN(C)CCNc1cccc([C@@H]2CC[C@@H]3CN(c4nc(C(C)(C)C)ccc4C(=O)NS(=O)(=O)c4cccc(n4)N2)C(C)(C)C3)n1. The van der Waals surface area contributed by atoms with Crippen molar-refractivity contribution in [3.8, 4) is 0 Å². The van der Waals surface area contributed by atoms with Crippen molar-refractivity contribution >= 4 is 33.4 Å².